The third-order valence-electron chi connectivity index (χ3n) is 12.6. The van der Waals surface area contributed by atoms with E-state index >= 15 is 0 Å². The molecule has 6 rings (SSSR count). The van der Waals surface area contributed by atoms with E-state index in [1.54, 1.807) is 19.1 Å². The molecular formula is C54H76O7Si2. The summed E-state index contributed by atoms with van der Waals surface area (Å²) in [5.74, 6) is 1.30. The fraction of sp³-hybridized carbons (Fsp3) is 0.500. The van der Waals surface area contributed by atoms with E-state index < -0.39 is 23.1 Å². The summed E-state index contributed by atoms with van der Waals surface area (Å²) in [5.41, 5.74) is 7.55. The average Bonchev–Trinajstić information content (AvgIpc) is 3.22. The first kappa shape index (κ1) is 50.2. The number of hydrogen-bond donors (Lipinski definition) is 1. The fourth-order valence-electron chi connectivity index (χ4n) is 9.47. The summed E-state index contributed by atoms with van der Waals surface area (Å²) >= 11 is 0. The Bertz CT molecular complexity index is 2050. The van der Waals surface area contributed by atoms with Crippen molar-refractivity contribution in [2.24, 2.45) is 11.8 Å². The number of aryl methyl sites for hydroxylation is 2. The van der Waals surface area contributed by atoms with Gasteiger partial charge in [0.2, 0.25) is 0 Å². The molecule has 2 aliphatic rings. The van der Waals surface area contributed by atoms with E-state index in [1.165, 1.54) is 16.7 Å². The molecule has 0 amide bonds. The molecule has 63 heavy (non-hydrogen) atoms. The minimum absolute atomic E-state index is 0.0382. The number of hydrogen-bond acceptors (Lipinski definition) is 7. The Morgan fingerprint density at radius 3 is 1.11 bits per heavy atom. The smallest absolute Gasteiger partial charge is 0.349 e. The molecule has 0 atom stereocenters. The van der Waals surface area contributed by atoms with Crippen molar-refractivity contribution in [3.8, 4) is 33.8 Å². The van der Waals surface area contributed by atoms with Crippen molar-refractivity contribution >= 4 is 23.1 Å². The van der Waals surface area contributed by atoms with E-state index in [-0.39, 0.29) is 20.2 Å². The first-order chi connectivity index (χ1) is 29.3. The Hall–Kier alpha value is -3.84. The largest absolute Gasteiger partial charge is 0.508 e. The lowest BCUT2D eigenvalue weighted by molar-refractivity contribution is -0.130. The Morgan fingerprint density at radius 2 is 0.825 bits per heavy atom. The van der Waals surface area contributed by atoms with Crippen LogP contribution in [0.15, 0.2) is 109 Å². The molecule has 0 aromatic heterocycles. The molecule has 0 unspecified atom stereocenters. The van der Waals surface area contributed by atoms with E-state index in [0.717, 1.165) is 68.8 Å². The van der Waals surface area contributed by atoms with Gasteiger partial charge < -0.3 is 27.5 Å². The number of benzene rings is 4. The first-order valence-electron chi connectivity index (χ1n) is 22.9. The highest BCUT2D eigenvalue weighted by atomic mass is 28.4. The summed E-state index contributed by atoms with van der Waals surface area (Å²) in [6.07, 6.45) is 4.18. The van der Waals surface area contributed by atoms with Crippen molar-refractivity contribution in [1.82, 2.24) is 0 Å². The van der Waals surface area contributed by atoms with Gasteiger partial charge in [-0.25, -0.2) is 4.79 Å². The summed E-state index contributed by atoms with van der Waals surface area (Å²) < 4.78 is 31.6. The minimum Gasteiger partial charge on any atom is -0.508 e. The maximum Gasteiger partial charge on any atom is 0.349 e. The van der Waals surface area contributed by atoms with Crippen LogP contribution < -0.4 is 4.74 Å². The number of carbonyl (C=O) groups is 1. The SMILES string of the molecule is C=C(C)C(=O)Oc1ccc(-c2ccc(CCC3CO[Si](C(C)(C)C)(C(C)(C)C)OC3)cc2)cc1.CC(C)(C)[Si]1(C(C)(C)C)OCC(CCc2ccc(-c3ccc(O)cc3)cc2)CO1. The van der Waals surface area contributed by atoms with Crippen molar-refractivity contribution in [3.63, 3.8) is 0 Å². The van der Waals surface area contributed by atoms with Crippen LogP contribution in [0.4, 0.5) is 0 Å². The van der Waals surface area contributed by atoms with Crippen molar-refractivity contribution in [1.29, 1.82) is 0 Å². The van der Waals surface area contributed by atoms with Crippen LogP contribution in [0.25, 0.3) is 22.3 Å². The lowest BCUT2D eigenvalue weighted by Crippen LogP contribution is -2.61. The number of carbonyl (C=O) groups excluding carboxylic acids is 1. The number of esters is 1. The molecule has 342 valence electrons. The van der Waals surface area contributed by atoms with Crippen LogP contribution in [0.5, 0.6) is 11.5 Å². The molecule has 0 radical (unpaired) electrons. The van der Waals surface area contributed by atoms with Crippen LogP contribution in [-0.2, 0) is 35.3 Å². The lowest BCUT2D eigenvalue weighted by Gasteiger charge is -2.52. The van der Waals surface area contributed by atoms with Gasteiger partial charge in [0.15, 0.2) is 0 Å². The molecule has 2 saturated heterocycles. The highest BCUT2D eigenvalue weighted by Crippen LogP contribution is 2.55. The van der Waals surface area contributed by atoms with Crippen LogP contribution in [0.2, 0.25) is 20.2 Å². The molecule has 0 aliphatic carbocycles. The normalized spacial score (nSPS) is 17.3. The van der Waals surface area contributed by atoms with Crippen molar-refractivity contribution in [3.05, 3.63) is 120 Å². The van der Waals surface area contributed by atoms with E-state index in [4.69, 9.17) is 22.4 Å². The Morgan fingerprint density at radius 1 is 0.540 bits per heavy atom. The van der Waals surface area contributed by atoms with E-state index in [1.807, 2.05) is 36.4 Å². The quantitative estimate of drug-likeness (QED) is 0.0735. The van der Waals surface area contributed by atoms with Gasteiger partial charge in [0.25, 0.3) is 0 Å². The Labute approximate surface area is 382 Å². The van der Waals surface area contributed by atoms with Gasteiger partial charge in [0.05, 0.1) is 0 Å². The molecule has 2 aliphatic heterocycles. The van der Waals surface area contributed by atoms with Crippen molar-refractivity contribution in [2.75, 3.05) is 26.4 Å². The second-order valence-electron chi connectivity index (χ2n) is 21.9. The topological polar surface area (TPSA) is 83.5 Å². The number of aromatic hydroxyl groups is 1. The van der Waals surface area contributed by atoms with E-state index in [9.17, 15) is 9.90 Å². The number of rotatable bonds is 10. The Balaban J connectivity index is 0.000000240. The lowest BCUT2D eigenvalue weighted by atomic mass is 9.98. The Kier molecular flexibility index (Phi) is 16.0. The van der Waals surface area contributed by atoms with Gasteiger partial charge in [0.1, 0.15) is 11.5 Å². The number of phenolic OH excluding ortho intramolecular Hbond substituents is 1. The highest BCUT2D eigenvalue weighted by Gasteiger charge is 2.61. The third-order valence-corrected chi connectivity index (χ3v) is 22.8. The standard InChI is InChI=1S/C29H40O4Si.C25H36O3Si/c1-21(2)27(30)33-26-17-15-25(16-18-26)24-13-11-22(12-14-24)9-10-23-19-31-34(32-20-23,28(3,4)5)29(6,7)8;1-24(2,3)29(25(4,5)6)27-17-20(18-28-29)8-7-19-9-11-21(12-10-19)22-13-15-23(26)16-14-22/h11-18,23H,1,9-10,19-20H2,2-8H3;9-16,20,26H,7-8,17-18H2,1-6H3. The maximum atomic E-state index is 11.7. The molecule has 0 spiro atoms. The molecule has 9 heteroatoms. The van der Waals surface area contributed by atoms with Gasteiger partial charge in [-0.3, -0.25) is 0 Å². The van der Waals surface area contributed by atoms with Crippen LogP contribution >= 0.6 is 0 Å². The van der Waals surface area contributed by atoms with Gasteiger partial charge >= 0.3 is 23.1 Å². The average molecular weight is 893 g/mol. The minimum atomic E-state index is -2.33. The predicted molar refractivity (Wildman–Crippen MR) is 264 cm³/mol. The summed E-state index contributed by atoms with van der Waals surface area (Å²) in [6.45, 7) is 35.6. The zero-order valence-corrected chi connectivity index (χ0v) is 42.7. The molecule has 4 aromatic carbocycles. The molecule has 4 aromatic rings. The molecule has 1 N–H and O–H groups in total. The first-order valence-corrected chi connectivity index (χ1v) is 26.5. The zero-order chi connectivity index (χ0) is 46.4. The van der Waals surface area contributed by atoms with E-state index in [2.05, 4.69) is 138 Å². The second kappa shape index (κ2) is 20.1. The summed E-state index contributed by atoms with van der Waals surface area (Å²) in [6, 6.07) is 32.3. The van der Waals surface area contributed by atoms with Gasteiger partial charge in [-0.05, 0) is 90.3 Å². The summed E-state index contributed by atoms with van der Waals surface area (Å²) in [7, 11) is -4.63. The van der Waals surface area contributed by atoms with Gasteiger partial charge in [-0.1, -0.05) is 162 Å². The van der Waals surface area contributed by atoms with Crippen molar-refractivity contribution in [2.45, 2.75) is 136 Å². The molecule has 0 bridgehead atoms. The number of ether oxygens (including phenoxy) is 1. The fourth-order valence-corrected chi connectivity index (χ4v) is 19.5. The van der Waals surface area contributed by atoms with Crippen molar-refractivity contribution < 1.29 is 32.3 Å². The number of phenols is 1. The van der Waals surface area contributed by atoms with Crippen LogP contribution in [-0.4, -0.2) is 54.6 Å². The molecule has 2 fully saturated rings. The van der Waals surface area contributed by atoms with Crippen LogP contribution in [0, 0.1) is 11.8 Å². The van der Waals surface area contributed by atoms with Gasteiger partial charge in [-0.2, -0.15) is 0 Å². The molecule has 7 nitrogen and oxygen atoms in total. The van der Waals surface area contributed by atoms with Crippen LogP contribution in [0.1, 0.15) is 114 Å². The molecule has 0 saturated carbocycles. The highest BCUT2D eigenvalue weighted by molar-refractivity contribution is 6.74. The van der Waals surface area contributed by atoms with Gasteiger partial charge in [0, 0.05) is 64.0 Å². The zero-order valence-electron chi connectivity index (χ0n) is 40.7. The monoisotopic (exact) mass is 893 g/mol. The van der Waals surface area contributed by atoms with E-state index in [0.29, 0.717) is 28.9 Å². The van der Waals surface area contributed by atoms with Crippen LogP contribution in [0.3, 0.4) is 0 Å². The summed E-state index contributed by atoms with van der Waals surface area (Å²) in [5, 5.41) is 9.63. The molecular weight excluding hydrogens is 817 g/mol. The maximum absolute atomic E-state index is 11.7. The predicted octanol–water partition coefficient (Wildman–Crippen LogP) is 14.2. The van der Waals surface area contributed by atoms with Gasteiger partial charge in [-0.15, -0.1) is 0 Å². The summed E-state index contributed by atoms with van der Waals surface area (Å²) in [4.78, 5) is 11.7. The second-order valence-corrected chi connectivity index (χ2v) is 31.5. The third kappa shape index (κ3) is 12.3. The molecule has 2 heterocycles.